The number of halogens is 1. The summed E-state index contributed by atoms with van der Waals surface area (Å²) in [5.41, 5.74) is 1.71. The molecule has 2 heterocycles. The molecule has 296 valence electrons. The Labute approximate surface area is 325 Å². The van der Waals surface area contributed by atoms with Crippen LogP contribution in [0.1, 0.15) is 55.5 Å². The van der Waals surface area contributed by atoms with Crippen LogP contribution in [0.5, 0.6) is 17.2 Å². The van der Waals surface area contributed by atoms with E-state index in [0.29, 0.717) is 53.2 Å². The second-order valence-corrected chi connectivity index (χ2v) is 15.7. The summed E-state index contributed by atoms with van der Waals surface area (Å²) in [6, 6.07) is 16.4. The molecule has 1 fully saturated rings. The average molecular weight is 789 g/mol. The number of rotatable bonds is 14. The van der Waals surface area contributed by atoms with Crippen LogP contribution in [0.25, 0.3) is 0 Å². The molecule has 1 spiro atoms. The summed E-state index contributed by atoms with van der Waals surface area (Å²) < 4.78 is 42.9. The molecule has 0 aromatic heterocycles. The zero-order valence-corrected chi connectivity index (χ0v) is 32.8. The maximum absolute atomic E-state index is 14.6. The van der Waals surface area contributed by atoms with Crippen LogP contribution >= 0.6 is 7.82 Å². The lowest BCUT2D eigenvalue weighted by Gasteiger charge is -2.37. The maximum atomic E-state index is 14.6. The number of allylic oxidation sites excluding steroid dienone is 2. The van der Waals surface area contributed by atoms with Gasteiger partial charge in [0.05, 0.1) is 11.0 Å². The number of fused-ring (bicyclic) bond motifs is 6. The number of phosphoric acid groups is 1. The van der Waals surface area contributed by atoms with Crippen LogP contribution < -0.4 is 29.7 Å². The number of anilines is 2. The molecule has 0 saturated carbocycles. The van der Waals surface area contributed by atoms with Crippen molar-refractivity contribution in [3.8, 4) is 17.2 Å². The van der Waals surface area contributed by atoms with Crippen molar-refractivity contribution in [3.63, 3.8) is 0 Å². The monoisotopic (exact) mass is 788 g/mol. The van der Waals surface area contributed by atoms with Crippen LogP contribution in [0.2, 0.25) is 0 Å². The molecule has 1 aliphatic carbocycles. The number of unbranched alkanes of at least 4 members (excludes halogenated alkanes) is 3. The molecule has 2 atom stereocenters. The van der Waals surface area contributed by atoms with Gasteiger partial charge < -0.3 is 34.4 Å². The first-order valence-corrected chi connectivity index (χ1v) is 19.8. The number of alkyl halides is 1. The zero-order chi connectivity index (χ0) is 40.4. The van der Waals surface area contributed by atoms with Crippen LogP contribution in [-0.4, -0.2) is 68.9 Å². The molecular formula is C41H46FN4O9P. The minimum atomic E-state index is -4.75. The molecule has 2 unspecified atom stereocenters. The number of hydrogen-bond donors (Lipinski definition) is 4. The first kappa shape index (κ1) is 40.2. The highest BCUT2D eigenvalue weighted by Gasteiger charge is 2.56. The Morgan fingerprint density at radius 1 is 0.875 bits per heavy atom. The summed E-state index contributed by atoms with van der Waals surface area (Å²) in [4.78, 5) is 61.5. The molecule has 3 aromatic rings. The Morgan fingerprint density at radius 3 is 2.00 bits per heavy atom. The fraction of sp³-hybridized carbons (Fsp3) is 0.341. The number of esters is 1. The third-order valence-corrected chi connectivity index (χ3v) is 10.5. The topological polar surface area (TPSA) is 167 Å². The largest absolute Gasteiger partial charge is 0.524 e. The summed E-state index contributed by atoms with van der Waals surface area (Å²) in [7, 11) is 3.02. The van der Waals surface area contributed by atoms with Crippen molar-refractivity contribution in [2.75, 3.05) is 51.1 Å². The van der Waals surface area contributed by atoms with E-state index in [0.717, 1.165) is 24.2 Å². The molecule has 6 rings (SSSR count). The predicted octanol–water partition coefficient (Wildman–Crippen LogP) is 6.13. The fourth-order valence-corrected chi connectivity index (χ4v) is 7.40. The molecule has 4 N–H and O–H groups in total. The van der Waals surface area contributed by atoms with E-state index in [4.69, 9.17) is 19.3 Å². The number of carbonyl (C=O) groups is 3. The van der Waals surface area contributed by atoms with E-state index < -0.39 is 36.9 Å². The Bertz CT molecular complexity index is 2100. The van der Waals surface area contributed by atoms with E-state index in [1.54, 1.807) is 25.2 Å². The molecule has 2 amide bonds. The number of hydrogen-bond acceptors (Lipinski definition) is 9. The summed E-state index contributed by atoms with van der Waals surface area (Å²) >= 11 is 0. The number of carbonyl (C=O) groups excluding carboxylic acids is 3. The van der Waals surface area contributed by atoms with Gasteiger partial charge in [-0.25, -0.2) is 13.8 Å². The van der Waals surface area contributed by atoms with Crippen molar-refractivity contribution in [3.05, 3.63) is 113 Å². The van der Waals surface area contributed by atoms with E-state index in [1.165, 1.54) is 24.3 Å². The Morgan fingerprint density at radius 2 is 1.45 bits per heavy atom. The highest BCUT2D eigenvalue weighted by Crippen LogP contribution is 2.59. The van der Waals surface area contributed by atoms with Crippen molar-refractivity contribution in [2.45, 2.75) is 44.4 Å². The number of amides is 2. The maximum Gasteiger partial charge on any atom is 0.524 e. The first-order valence-electron chi connectivity index (χ1n) is 18.3. The summed E-state index contributed by atoms with van der Waals surface area (Å²) in [6.07, 6.45) is 7.87. The average Bonchev–Trinajstić information content (AvgIpc) is 3.27. The van der Waals surface area contributed by atoms with Gasteiger partial charge in [-0.15, -0.1) is 0 Å². The second-order valence-electron chi connectivity index (χ2n) is 14.6. The van der Waals surface area contributed by atoms with Gasteiger partial charge in [0.25, 0.3) is 5.91 Å². The van der Waals surface area contributed by atoms with Gasteiger partial charge in [-0.2, -0.15) is 0 Å². The fourth-order valence-electron chi connectivity index (χ4n) is 7.00. The summed E-state index contributed by atoms with van der Waals surface area (Å²) in [6.45, 7) is 2.40. The second kappa shape index (κ2) is 16.0. The first-order chi connectivity index (χ1) is 26.5. The molecule has 56 heavy (non-hydrogen) atoms. The van der Waals surface area contributed by atoms with Crippen molar-refractivity contribution in [2.24, 2.45) is 5.41 Å². The number of nitrogens with zero attached hydrogens (tertiary/aromatic N) is 2. The molecule has 0 bridgehead atoms. The van der Waals surface area contributed by atoms with E-state index in [-0.39, 0.29) is 23.8 Å². The summed E-state index contributed by atoms with van der Waals surface area (Å²) in [5, 5.41) is 5.56. The zero-order valence-electron chi connectivity index (χ0n) is 31.9. The van der Waals surface area contributed by atoms with Crippen LogP contribution in [0, 0.1) is 5.41 Å². The van der Waals surface area contributed by atoms with Gasteiger partial charge in [-0.1, -0.05) is 49.3 Å². The van der Waals surface area contributed by atoms with Crippen LogP contribution in [0.15, 0.2) is 96.1 Å². The van der Waals surface area contributed by atoms with Gasteiger partial charge in [0.1, 0.15) is 17.2 Å². The lowest BCUT2D eigenvalue weighted by atomic mass is 9.75. The number of nitrogens with one attached hydrogen (secondary N) is 2. The standard InChI is InChI=1S/C41H46FN4O9P/c1-40(39(49)44-22-9-7-6-8-21-43-37(47)36(42)26-12-16-29(17-13-26)55-56(50,51)52)20-10-11-31-30(25-40)38(48)54-41(31)32-18-14-27(45(2)3)23-34(32)53-35-24-28(46(4)5)15-19-33(35)41/h10-20,23-25,36H,6-9,21-22H2,1-5H3,(H,43,47)(H,44,49)(H2,50,51,52). The van der Waals surface area contributed by atoms with Gasteiger partial charge in [-0.3, -0.25) is 19.4 Å². The normalized spacial score (nSPS) is 18.2. The van der Waals surface area contributed by atoms with Gasteiger partial charge in [0.15, 0.2) is 5.60 Å². The van der Waals surface area contributed by atoms with Crippen LogP contribution in [0.4, 0.5) is 15.8 Å². The highest BCUT2D eigenvalue weighted by atomic mass is 31.2. The third-order valence-electron chi connectivity index (χ3n) is 10.0. The van der Waals surface area contributed by atoms with Crippen molar-refractivity contribution in [1.82, 2.24) is 10.6 Å². The quantitative estimate of drug-likeness (QED) is 0.0844. The third kappa shape index (κ3) is 8.23. The Hall–Kier alpha value is -5.43. The Kier molecular flexibility index (Phi) is 11.5. The van der Waals surface area contributed by atoms with Crippen LogP contribution in [-0.2, 0) is 29.3 Å². The van der Waals surface area contributed by atoms with Crippen molar-refractivity contribution < 1.29 is 47.1 Å². The number of ether oxygens (including phenoxy) is 2. The molecule has 3 aromatic carbocycles. The van der Waals surface area contributed by atoms with E-state index in [2.05, 4.69) is 15.2 Å². The smallest absolute Gasteiger partial charge is 0.456 e. The summed E-state index contributed by atoms with van der Waals surface area (Å²) in [5.74, 6) is -0.643. The SMILES string of the molecule is CN(C)c1ccc2c(c1)Oc1cc(N(C)C)ccc1C21OC(=O)C2=CC(C)(C(=O)NCCCCCCNC(=O)C(F)c3ccc(OP(=O)(O)O)cc3)C=CC=C21. The lowest BCUT2D eigenvalue weighted by Crippen LogP contribution is -2.37. The molecule has 15 heteroatoms. The van der Waals surface area contributed by atoms with E-state index >= 15 is 0 Å². The molecule has 3 aliphatic rings. The molecule has 0 radical (unpaired) electrons. The molecule has 2 aliphatic heterocycles. The van der Waals surface area contributed by atoms with E-state index in [1.807, 2.05) is 80.5 Å². The molecular weight excluding hydrogens is 742 g/mol. The molecule has 13 nitrogen and oxygen atoms in total. The van der Waals surface area contributed by atoms with Gasteiger partial charge in [0.2, 0.25) is 12.1 Å². The minimum absolute atomic E-state index is 0.0252. The Balaban J connectivity index is 1.05. The van der Waals surface area contributed by atoms with Crippen molar-refractivity contribution >= 4 is 37.0 Å². The predicted molar refractivity (Wildman–Crippen MR) is 209 cm³/mol. The van der Waals surface area contributed by atoms with Gasteiger partial charge in [-0.05, 0) is 61.7 Å². The van der Waals surface area contributed by atoms with Gasteiger partial charge >= 0.3 is 13.8 Å². The van der Waals surface area contributed by atoms with Crippen LogP contribution in [0.3, 0.4) is 0 Å². The highest BCUT2D eigenvalue weighted by molar-refractivity contribution is 7.46. The molecule has 1 saturated heterocycles. The number of phosphoric ester groups is 1. The van der Waals surface area contributed by atoms with E-state index in [9.17, 15) is 23.3 Å². The number of benzene rings is 3. The van der Waals surface area contributed by atoms with Crippen molar-refractivity contribution in [1.29, 1.82) is 0 Å². The lowest BCUT2D eigenvalue weighted by molar-refractivity contribution is -0.143. The minimum Gasteiger partial charge on any atom is -0.456 e. The van der Waals surface area contributed by atoms with Gasteiger partial charge in [0, 0.05) is 81.5 Å².